The Morgan fingerprint density at radius 3 is 2.72 bits per heavy atom. The minimum Gasteiger partial charge on any atom is -0.334 e. The van der Waals surface area contributed by atoms with Crippen LogP contribution in [-0.4, -0.2) is 16.0 Å². The summed E-state index contributed by atoms with van der Waals surface area (Å²) >= 11 is 0. The Hall–Kier alpha value is -2.43. The van der Waals surface area contributed by atoms with Crippen molar-refractivity contribution in [1.29, 1.82) is 0 Å². The number of rotatable bonds is 3. The predicted molar refractivity (Wildman–Crippen MR) is 69.1 cm³/mol. The van der Waals surface area contributed by atoms with Crippen LogP contribution in [-0.2, 0) is 6.54 Å². The summed E-state index contributed by atoms with van der Waals surface area (Å²) in [5.41, 5.74) is 2.22. The summed E-state index contributed by atoms with van der Waals surface area (Å²) in [7, 11) is 0. The molecule has 5 nitrogen and oxygen atoms in total. The lowest BCUT2D eigenvalue weighted by atomic mass is 10.1. The van der Waals surface area contributed by atoms with Crippen LogP contribution in [0.15, 0.2) is 42.7 Å². The summed E-state index contributed by atoms with van der Waals surface area (Å²) in [6, 6.07) is 9.34. The standard InChI is InChI=1S/C13H14N4O/c1-10-4-2-5-11(8-10)9-16-13(18)17-12-14-6-3-7-15-12/h2-8H,9H2,1H3,(H2,14,15,16,17,18). The number of carbonyl (C=O) groups is 1. The quantitative estimate of drug-likeness (QED) is 0.866. The van der Waals surface area contributed by atoms with E-state index in [2.05, 4.69) is 20.6 Å². The van der Waals surface area contributed by atoms with Gasteiger partial charge in [0, 0.05) is 18.9 Å². The maximum Gasteiger partial charge on any atom is 0.321 e. The van der Waals surface area contributed by atoms with E-state index < -0.39 is 0 Å². The smallest absolute Gasteiger partial charge is 0.321 e. The van der Waals surface area contributed by atoms with Gasteiger partial charge in [-0.3, -0.25) is 5.32 Å². The van der Waals surface area contributed by atoms with E-state index in [1.807, 2.05) is 31.2 Å². The number of anilines is 1. The molecule has 0 aliphatic heterocycles. The fraction of sp³-hybridized carbons (Fsp3) is 0.154. The van der Waals surface area contributed by atoms with Crippen LogP contribution in [0.1, 0.15) is 11.1 Å². The topological polar surface area (TPSA) is 66.9 Å². The molecule has 0 radical (unpaired) electrons. The zero-order valence-electron chi connectivity index (χ0n) is 10.1. The van der Waals surface area contributed by atoms with Gasteiger partial charge in [-0.1, -0.05) is 29.8 Å². The van der Waals surface area contributed by atoms with Gasteiger partial charge in [0.2, 0.25) is 5.95 Å². The largest absolute Gasteiger partial charge is 0.334 e. The SMILES string of the molecule is Cc1cccc(CNC(=O)Nc2ncccn2)c1. The van der Waals surface area contributed by atoms with E-state index in [-0.39, 0.29) is 6.03 Å². The molecule has 1 aromatic heterocycles. The van der Waals surface area contributed by atoms with Crippen molar-refractivity contribution in [3.63, 3.8) is 0 Å². The molecule has 1 heterocycles. The Balaban J connectivity index is 1.85. The van der Waals surface area contributed by atoms with Crippen molar-refractivity contribution >= 4 is 12.0 Å². The van der Waals surface area contributed by atoms with Gasteiger partial charge in [0.1, 0.15) is 0 Å². The number of nitrogens with zero attached hydrogens (tertiary/aromatic N) is 2. The number of amides is 2. The van der Waals surface area contributed by atoms with Crippen molar-refractivity contribution in [2.24, 2.45) is 0 Å². The first-order valence-electron chi connectivity index (χ1n) is 5.61. The van der Waals surface area contributed by atoms with Crippen LogP contribution in [0.2, 0.25) is 0 Å². The van der Waals surface area contributed by atoms with E-state index in [0.29, 0.717) is 12.5 Å². The highest BCUT2D eigenvalue weighted by atomic mass is 16.2. The molecule has 2 aromatic rings. The minimum absolute atomic E-state index is 0.291. The fourth-order valence-corrected chi connectivity index (χ4v) is 1.51. The van der Waals surface area contributed by atoms with Crippen molar-refractivity contribution in [3.8, 4) is 0 Å². The Labute approximate surface area is 105 Å². The van der Waals surface area contributed by atoms with E-state index in [0.717, 1.165) is 5.56 Å². The van der Waals surface area contributed by atoms with E-state index in [4.69, 9.17) is 0 Å². The molecule has 5 heteroatoms. The van der Waals surface area contributed by atoms with Crippen LogP contribution < -0.4 is 10.6 Å². The molecule has 1 aromatic carbocycles. The molecule has 92 valence electrons. The summed E-state index contributed by atoms with van der Waals surface area (Å²) in [6.07, 6.45) is 3.15. The lowest BCUT2D eigenvalue weighted by Crippen LogP contribution is -2.28. The van der Waals surface area contributed by atoms with E-state index in [9.17, 15) is 4.79 Å². The van der Waals surface area contributed by atoms with Crippen LogP contribution in [0.5, 0.6) is 0 Å². The monoisotopic (exact) mass is 242 g/mol. The summed E-state index contributed by atoms with van der Waals surface area (Å²) in [5, 5.41) is 5.30. The van der Waals surface area contributed by atoms with Gasteiger partial charge in [-0.2, -0.15) is 0 Å². The van der Waals surface area contributed by atoms with Crippen molar-refractivity contribution < 1.29 is 4.79 Å². The third-order valence-electron chi connectivity index (χ3n) is 2.33. The molecule has 0 aliphatic rings. The fourth-order valence-electron chi connectivity index (χ4n) is 1.51. The van der Waals surface area contributed by atoms with E-state index in [1.165, 1.54) is 5.56 Å². The van der Waals surface area contributed by atoms with Crippen molar-refractivity contribution in [3.05, 3.63) is 53.9 Å². The molecule has 0 saturated heterocycles. The molecular formula is C13H14N4O. The average Bonchev–Trinajstić information content (AvgIpc) is 2.38. The lowest BCUT2D eigenvalue weighted by molar-refractivity contribution is 0.251. The van der Waals surface area contributed by atoms with Crippen molar-refractivity contribution in [2.45, 2.75) is 13.5 Å². The van der Waals surface area contributed by atoms with Gasteiger partial charge in [0.05, 0.1) is 0 Å². The molecule has 0 aliphatic carbocycles. The minimum atomic E-state index is -0.317. The van der Waals surface area contributed by atoms with Gasteiger partial charge in [0.15, 0.2) is 0 Å². The van der Waals surface area contributed by atoms with Crippen LogP contribution in [0.4, 0.5) is 10.7 Å². The Kier molecular flexibility index (Phi) is 3.86. The Morgan fingerprint density at radius 1 is 1.22 bits per heavy atom. The number of carbonyl (C=O) groups excluding carboxylic acids is 1. The van der Waals surface area contributed by atoms with Gasteiger partial charge in [-0.25, -0.2) is 14.8 Å². The molecule has 0 atom stereocenters. The predicted octanol–water partition coefficient (Wildman–Crippen LogP) is 2.11. The molecule has 0 spiro atoms. The number of benzene rings is 1. The van der Waals surface area contributed by atoms with Crippen LogP contribution in [0, 0.1) is 6.92 Å². The molecule has 2 N–H and O–H groups in total. The third-order valence-corrected chi connectivity index (χ3v) is 2.33. The summed E-state index contributed by atoms with van der Waals surface area (Å²) < 4.78 is 0. The highest BCUT2D eigenvalue weighted by Gasteiger charge is 2.02. The second kappa shape index (κ2) is 5.77. The number of hydrogen-bond donors (Lipinski definition) is 2. The molecular weight excluding hydrogens is 228 g/mol. The number of aromatic nitrogens is 2. The second-order valence-electron chi connectivity index (χ2n) is 3.87. The summed E-state index contributed by atoms with van der Waals surface area (Å²) in [5.74, 6) is 0.291. The van der Waals surface area contributed by atoms with Gasteiger partial charge < -0.3 is 5.32 Å². The third kappa shape index (κ3) is 3.55. The van der Waals surface area contributed by atoms with Crippen LogP contribution >= 0.6 is 0 Å². The maximum absolute atomic E-state index is 11.6. The Bertz CT molecular complexity index is 528. The summed E-state index contributed by atoms with van der Waals surface area (Å²) in [4.78, 5) is 19.4. The first-order valence-corrected chi connectivity index (χ1v) is 5.61. The van der Waals surface area contributed by atoms with Gasteiger partial charge >= 0.3 is 6.03 Å². The lowest BCUT2D eigenvalue weighted by Gasteiger charge is -2.06. The molecule has 18 heavy (non-hydrogen) atoms. The normalized spacial score (nSPS) is 9.83. The highest BCUT2D eigenvalue weighted by molar-refractivity contribution is 5.87. The first-order chi connectivity index (χ1) is 8.74. The number of urea groups is 1. The zero-order valence-corrected chi connectivity index (χ0v) is 10.1. The maximum atomic E-state index is 11.6. The van der Waals surface area contributed by atoms with Gasteiger partial charge in [-0.15, -0.1) is 0 Å². The molecule has 2 amide bonds. The van der Waals surface area contributed by atoms with Gasteiger partial charge in [-0.05, 0) is 18.6 Å². The van der Waals surface area contributed by atoms with Gasteiger partial charge in [0.25, 0.3) is 0 Å². The second-order valence-corrected chi connectivity index (χ2v) is 3.87. The zero-order chi connectivity index (χ0) is 12.8. The number of hydrogen-bond acceptors (Lipinski definition) is 3. The van der Waals surface area contributed by atoms with Crippen molar-refractivity contribution in [2.75, 3.05) is 5.32 Å². The van der Waals surface area contributed by atoms with E-state index >= 15 is 0 Å². The number of aryl methyl sites for hydroxylation is 1. The Morgan fingerprint density at radius 2 is 2.00 bits per heavy atom. The van der Waals surface area contributed by atoms with Crippen molar-refractivity contribution in [1.82, 2.24) is 15.3 Å². The molecule has 0 fully saturated rings. The van der Waals surface area contributed by atoms with E-state index in [1.54, 1.807) is 18.5 Å². The van der Waals surface area contributed by atoms with Crippen LogP contribution in [0.3, 0.4) is 0 Å². The summed E-state index contributed by atoms with van der Waals surface area (Å²) in [6.45, 7) is 2.49. The first kappa shape index (κ1) is 12.0. The average molecular weight is 242 g/mol. The molecule has 2 rings (SSSR count). The molecule has 0 unspecified atom stereocenters. The van der Waals surface area contributed by atoms with Crippen LogP contribution in [0.25, 0.3) is 0 Å². The highest BCUT2D eigenvalue weighted by Crippen LogP contribution is 2.03. The number of nitrogens with one attached hydrogen (secondary N) is 2. The molecule has 0 saturated carbocycles. The molecule has 0 bridgehead atoms.